The SMILES string of the molecule is CCCCCCCC/C=C/C(O)C(COC1OC(CO)C(OC2OC(CO)C(OC3OC(CO)C(O)C(O)C3O)C(O)C2O)C(O)C1O)NC(=O)CCCCCCCCCCCCCCCCCCCCCC. The van der Waals surface area contributed by atoms with Gasteiger partial charge in [-0.05, 0) is 19.3 Å². The van der Waals surface area contributed by atoms with Crippen molar-refractivity contribution in [1.29, 1.82) is 0 Å². The van der Waals surface area contributed by atoms with Gasteiger partial charge in [-0.1, -0.05) is 180 Å². The smallest absolute Gasteiger partial charge is 0.220 e. The van der Waals surface area contributed by atoms with Crippen molar-refractivity contribution in [3.8, 4) is 0 Å². The lowest BCUT2D eigenvalue weighted by Gasteiger charge is -2.48. The van der Waals surface area contributed by atoms with E-state index in [-0.39, 0.29) is 18.9 Å². The Morgan fingerprint density at radius 2 is 0.849 bits per heavy atom. The number of rotatable bonds is 41. The highest BCUT2D eigenvalue weighted by molar-refractivity contribution is 5.76. The second-order valence-corrected chi connectivity index (χ2v) is 20.8. The molecule has 1 amide bonds. The summed E-state index contributed by atoms with van der Waals surface area (Å²) >= 11 is 0. The molecule has 3 rings (SSSR count). The molecule has 3 aliphatic rings. The first-order valence-electron chi connectivity index (χ1n) is 28.4. The Morgan fingerprint density at radius 3 is 1.29 bits per heavy atom. The van der Waals surface area contributed by atoms with Gasteiger partial charge in [0.25, 0.3) is 0 Å². The monoisotopic (exact) mass is 1050 g/mol. The minimum Gasteiger partial charge on any atom is -0.394 e. The van der Waals surface area contributed by atoms with E-state index in [2.05, 4.69) is 19.2 Å². The lowest BCUT2D eigenvalue weighted by Crippen LogP contribution is -2.66. The van der Waals surface area contributed by atoms with E-state index in [1.165, 1.54) is 116 Å². The summed E-state index contributed by atoms with van der Waals surface area (Å²) < 4.78 is 34.1. The quantitative estimate of drug-likeness (QED) is 0.0306. The molecule has 17 atom stereocenters. The van der Waals surface area contributed by atoms with E-state index in [4.69, 9.17) is 28.4 Å². The van der Waals surface area contributed by atoms with Crippen LogP contribution in [0.2, 0.25) is 0 Å². The highest BCUT2D eigenvalue weighted by Crippen LogP contribution is 2.33. The van der Waals surface area contributed by atoms with Crippen LogP contribution < -0.4 is 5.32 Å². The Kier molecular flexibility index (Phi) is 35.1. The molecule has 17 unspecified atom stereocenters. The summed E-state index contributed by atoms with van der Waals surface area (Å²) in [5.74, 6) is -0.276. The van der Waals surface area contributed by atoms with Crippen molar-refractivity contribution in [3.63, 3.8) is 0 Å². The first-order valence-corrected chi connectivity index (χ1v) is 28.4. The van der Waals surface area contributed by atoms with Gasteiger partial charge in [-0.2, -0.15) is 0 Å². The molecule has 0 radical (unpaired) electrons. The van der Waals surface area contributed by atoms with Crippen LogP contribution in [0.15, 0.2) is 12.2 Å². The van der Waals surface area contributed by atoms with Crippen LogP contribution in [0, 0.1) is 0 Å². The fourth-order valence-electron chi connectivity index (χ4n) is 9.84. The van der Waals surface area contributed by atoms with E-state index in [0.29, 0.717) is 6.42 Å². The van der Waals surface area contributed by atoms with Gasteiger partial charge >= 0.3 is 0 Å². The van der Waals surface area contributed by atoms with Gasteiger partial charge in [0, 0.05) is 6.42 Å². The van der Waals surface area contributed by atoms with Gasteiger partial charge < -0.3 is 89.9 Å². The van der Waals surface area contributed by atoms with Gasteiger partial charge in [-0.15, -0.1) is 0 Å². The van der Waals surface area contributed by atoms with E-state index in [0.717, 1.165) is 51.4 Å². The summed E-state index contributed by atoms with van der Waals surface area (Å²) in [5.41, 5.74) is 0. The third kappa shape index (κ3) is 24.0. The van der Waals surface area contributed by atoms with Crippen molar-refractivity contribution in [2.45, 2.75) is 298 Å². The summed E-state index contributed by atoms with van der Waals surface area (Å²) in [6.07, 6.45) is 9.48. The Bertz CT molecular complexity index is 1400. The summed E-state index contributed by atoms with van der Waals surface area (Å²) in [7, 11) is 0. The maximum absolute atomic E-state index is 13.2. The standard InChI is InChI=1S/C54H101NO18/c1-3-5-7-9-11-13-14-15-16-17-18-19-20-21-22-23-24-26-28-30-32-42(60)55-37(38(59)31-29-27-25-12-10-8-6-4-2)36-68-52-48(66)45(63)50(40(34-57)70-52)73-54-49(67)46(64)51(41(35-58)71-54)72-53-47(65)44(62)43(61)39(33-56)69-53/h29,31,37-41,43-54,56-59,61-67H,3-28,30,32-36H2,1-2H3,(H,55,60)/b31-29+. The molecular formula is C54H101NO18. The summed E-state index contributed by atoms with van der Waals surface area (Å²) in [6, 6.07) is -0.964. The molecule has 19 heteroatoms. The molecule has 0 aromatic carbocycles. The highest BCUT2D eigenvalue weighted by Gasteiger charge is 2.53. The maximum Gasteiger partial charge on any atom is 0.220 e. The van der Waals surface area contributed by atoms with Crippen molar-refractivity contribution >= 4 is 5.91 Å². The molecule has 0 saturated carbocycles. The second kappa shape index (κ2) is 39.0. The number of unbranched alkanes of at least 4 members (excludes halogenated alkanes) is 25. The van der Waals surface area contributed by atoms with Gasteiger partial charge in [0.15, 0.2) is 18.9 Å². The van der Waals surface area contributed by atoms with E-state index in [1.807, 2.05) is 6.08 Å². The van der Waals surface area contributed by atoms with Gasteiger partial charge in [-0.25, -0.2) is 0 Å². The summed E-state index contributed by atoms with van der Waals surface area (Å²) in [5, 5.41) is 120. The molecule has 12 N–H and O–H groups in total. The lowest BCUT2D eigenvalue weighted by molar-refractivity contribution is -0.379. The molecule has 0 spiro atoms. The fraction of sp³-hybridized carbons (Fsp3) is 0.944. The molecule has 0 aromatic rings. The van der Waals surface area contributed by atoms with Crippen molar-refractivity contribution in [1.82, 2.24) is 5.32 Å². The first kappa shape index (κ1) is 65.8. The van der Waals surface area contributed by atoms with Gasteiger partial charge in [0.1, 0.15) is 73.2 Å². The zero-order valence-corrected chi connectivity index (χ0v) is 44.4. The van der Waals surface area contributed by atoms with E-state index >= 15 is 0 Å². The number of aliphatic hydroxyl groups excluding tert-OH is 11. The van der Waals surface area contributed by atoms with Crippen molar-refractivity contribution in [2.75, 3.05) is 26.4 Å². The number of ether oxygens (including phenoxy) is 6. The molecule has 0 bridgehead atoms. The molecule has 0 aromatic heterocycles. The Morgan fingerprint density at radius 1 is 0.479 bits per heavy atom. The number of allylic oxidation sites excluding steroid dienone is 1. The van der Waals surface area contributed by atoms with Crippen LogP contribution >= 0.6 is 0 Å². The number of aliphatic hydroxyl groups is 11. The summed E-state index contributed by atoms with van der Waals surface area (Å²) in [6.45, 7) is 1.67. The van der Waals surface area contributed by atoms with E-state index in [9.17, 15) is 61.0 Å². The van der Waals surface area contributed by atoms with Crippen LogP contribution in [0.5, 0.6) is 0 Å². The van der Waals surface area contributed by atoms with E-state index in [1.54, 1.807) is 6.08 Å². The Labute approximate surface area is 436 Å². The Balaban J connectivity index is 1.46. The minimum absolute atomic E-state index is 0.248. The normalized spacial score (nSPS) is 31.8. The third-order valence-corrected chi connectivity index (χ3v) is 14.6. The number of hydrogen-bond acceptors (Lipinski definition) is 18. The molecule has 0 aliphatic carbocycles. The van der Waals surface area contributed by atoms with Crippen molar-refractivity contribution in [2.24, 2.45) is 0 Å². The molecule has 3 saturated heterocycles. The van der Waals surface area contributed by atoms with Crippen molar-refractivity contribution < 1.29 is 89.4 Å². The molecule has 3 aliphatic heterocycles. The average molecular weight is 1050 g/mol. The zero-order valence-electron chi connectivity index (χ0n) is 44.4. The molecule has 3 fully saturated rings. The number of carbonyl (C=O) groups excluding carboxylic acids is 1. The highest BCUT2D eigenvalue weighted by atomic mass is 16.8. The number of nitrogens with one attached hydrogen (secondary N) is 1. The predicted octanol–water partition coefficient (Wildman–Crippen LogP) is 3.82. The zero-order chi connectivity index (χ0) is 53.4. The average Bonchev–Trinajstić information content (AvgIpc) is 3.39. The number of hydrogen-bond donors (Lipinski definition) is 12. The van der Waals surface area contributed by atoms with E-state index < -0.39 is 124 Å². The lowest BCUT2D eigenvalue weighted by atomic mass is 9.96. The molecule has 73 heavy (non-hydrogen) atoms. The maximum atomic E-state index is 13.2. The predicted molar refractivity (Wildman–Crippen MR) is 273 cm³/mol. The van der Waals surface area contributed by atoms with Crippen LogP contribution in [0.25, 0.3) is 0 Å². The Hall–Kier alpha value is -1.47. The topological polar surface area (TPSA) is 307 Å². The second-order valence-electron chi connectivity index (χ2n) is 20.8. The van der Waals surface area contributed by atoms with Crippen molar-refractivity contribution in [3.05, 3.63) is 12.2 Å². The minimum atomic E-state index is -1.97. The van der Waals surface area contributed by atoms with Crippen LogP contribution in [-0.4, -0.2) is 193 Å². The molecule has 3 heterocycles. The van der Waals surface area contributed by atoms with Gasteiger partial charge in [-0.3, -0.25) is 4.79 Å². The summed E-state index contributed by atoms with van der Waals surface area (Å²) in [4.78, 5) is 13.2. The number of carbonyl (C=O) groups is 1. The van der Waals surface area contributed by atoms with Crippen LogP contribution in [0.4, 0.5) is 0 Å². The van der Waals surface area contributed by atoms with Gasteiger partial charge in [0.2, 0.25) is 5.91 Å². The molecular weight excluding hydrogens is 951 g/mol. The fourth-order valence-corrected chi connectivity index (χ4v) is 9.84. The largest absolute Gasteiger partial charge is 0.394 e. The third-order valence-electron chi connectivity index (χ3n) is 14.6. The first-order chi connectivity index (χ1) is 35.3. The number of amides is 1. The molecule has 19 nitrogen and oxygen atoms in total. The van der Waals surface area contributed by atoms with Crippen LogP contribution in [0.3, 0.4) is 0 Å². The van der Waals surface area contributed by atoms with Crippen LogP contribution in [-0.2, 0) is 33.2 Å². The van der Waals surface area contributed by atoms with Crippen LogP contribution in [0.1, 0.15) is 194 Å². The molecule has 430 valence electrons. The van der Waals surface area contributed by atoms with Gasteiger partial charge in [0.05, 0.1) is 38.6 Å².